The number of nitrogens with zero attached hydrogens (tertiary/aromatic N) is 2. The number of para-hydroxylation sites is 1. The minimum atomic E-state index is -3.00. The molecule has 1 aliphatic rings. The van der Waals surface area contributed by atoms with E-state index >= 15 is 0 Å². The molecule has 1 aromatic carbocycles. The van der Waals surface area contributed by atoms with Crippen LogP contribution in [0.5, 0.6) is 0 Å². The van der Waals surface area contributed by atoms with Gasteiger partial charge in [0, 0.05) is 47.5 Å². The molecule has 0 unspecified atom stereocenters. The van der Waals surface area contributed by atoms with E-state index in [0.29, 0.717) is 32.3 Å². The molecule has 0 atom stereocenters. The normalized spacial score (nSPS) is 13.6. The average molecular weight is 492 g/mol. The Labute approximate surface area is 203 Å². The van der Waals surface area contributed by atoms with Gasteiger partial charge in [0.25, 0.3) is 0 Å². The Bertz CT molecular complexity index is 873. The van der Waals surface area contributed by atoms with Crippen molar-refractivity contribution in [2.75, 3.05) is 58.4 Å². The van der Waals surface area contributed by atoms with Gasteiger partial charge >= 0.3 is 7.60 Å². The number of thioether (sulfide) groups is 1. The van der Waals surface area contributed by atoms with E-state index in [4.69, 9.17) is 9.05 Å². The highest BCUT2D eigenvalue weighted by Crippen LogP contribution is 2.48. The van der Waals surface area contributed by atoms with E-state index in [-0.39, 0.29) is 0 Å². The summed E-state index contributed by atoms with van der Waals surface area (Å²) < 4.78 is 23.3. The third kappa shape index (κ3) is 10.4. The zero-order chi connectivity index (χ0) is 24.1. The predicted molar refractivity (Wildman–Crippen MR) is 142 cm³/mol. The van der Waals surface area contributed by atoms with Crippen LogP contribution >= 0.6 is 19.4 Å². The molecular formula is C25H38N3O3PS. The Kier molecular flexibility index (Phi) is 12.1. The number of hydrogen-bond acceptors (Lipinski definition) is 7. The van der Waals surface area contributed by atoms with Crippen molar-refractivity contribution >= 4 is 25.0 Å². The highest BCUT2D eigenvalue weighted by molar-refractivity contribution is 8.03. The lowest BCUT2D eigenvalue weighted by molar-refractivity contribution is 0.220. The number of hydrogen-bond donors (Lipinski definition) is 1. The van der Waals surface area contributed by atoms with Crippen LogP contribution < -0.4 is 5.32 Å². The fourth-order valence-corrected chi connectivity index (χ4v) is 5.68. The molecule has 0 amide bonds. The predicted octanol–water partition coefficient (Wildman–Crippen LogP) is 6.19. The van der Waals surface area contributed by atoms with Gasteiger partial charge in [-0.2, -0.15) is 0 Å². The second kappa shape index (κ2) is 14.5. The fraction of sp³-hybridized carbons (Fsp3) is 0.440. The van der Waals surface area contributed by atoms with Gasteiger partial charge in [0.2, 0.25) is 0 Å². The molecule has 6 nitrogen and oxygen atoms in total. The number of likely N-dealkylation sites (N-methyl/N-ethyl adjacent to an activating group) is 1. The number of nitrogens with one attached hydrogen (secondary N) is 1. The standard InChI is InChI=1S/C25H38N3O3PS/c1-6-30-32(29,31-7-2)20-10-15-26-24-11-8-9-12-25(24)33-22(3)21-23-13-16-28(17-14-23)19-18-27(4)5/h8-9,11-14,16-17,21,26H,3,6-7,10,15,18-20H2,1-2,4-5H3. The zero-order valence-electron chi connectivity index (χ0n) is 20.3. The number of allylic oxidation sites excluding steroid dienone is 4. The first-order valence-electron chi connectivity index (χ1n) is 11.4. The van der Waals surface area contributed by atoms with Gasteiger partial charge in [0.05, 0.1) is 19.4 Å². The van der Waals surface area contributed by atoms with Gasteiger partial charge in [-0.05, 0) is 70.3 Å². The van der Waals surface area contributed by atoms with Gasteiger partial charge < -0.3 is 24.2 Å². The van der Waals surface area contributed by atoms with Crippen LogP contribution in [0.25, 0.3) is 0 Å². The summed E-state index contributed by atoms with van der Waals surface area (Å²) in [5.41, 5.74) is 2.16. The van der Waals surface area contributed by atoms with Gasteiger partial charge in [-0.25, -0.2) is 0 Å². The van der Waals surface area contributed by atoms with Crippen LogP contribution in [0.1, 0.15) is 20.3 Å². The lowest BCUT2D eigenvalue weighted by Crippen LogP contribution is -2.25. The van der Waals surface area contributed by atoms with E-state index in [1.165, 1.54) is 0 Å². The number of benzene rings is 1. The summed E-state index contributed by atoms with van der Waals surface area (Å²) in [6.45, 7) is 11.3. The molecule has 182 valence electrons. The minimum absolute atomic E-state index is 0.389. The van der Waals surface area contributed by atoms with E-state index in [9.17, 15) is 4.57 Å². The molecule has 0 bridgehead atoms. The van der Waals surface area contributed by atoms with Crippen molar-refractivity contribution in [1.29, 1.82) is 0 Å². The molecule has 1 N–H and O–H groups in total. The lowest BCUT2D eigenvalue weighted by atomic mass is 10.2. The maximum atomic E-state index is 12.6. The maximum absolute atomic E-state index is 12.6. The van der Waals surface area contributed by atoms with E-state index in [1.54, 1.807) is 11.8 Å². The molecule has 0 aliphatic carbocycles. The van der Waals surface area contributed by atoms with Crippen LogP contribution in [-0.4, -0.2) is 62.9 Å². The van der Waals surface area contributed by atoms with Crippen LogP contribution in [0.2, 0.25) is 0 Å². The summed E-state index contributed by atoms with van der Waals surface area (Å²) in [5, 5.41) is 3.45. The molecule has 0 saturated carbocycles. The molecule has 0 spiro atoms. The molecule has 1 aromatic rings. The Morgan fingerprint density at radius 3 is 2.48 bits per heavy atom. The molecule has 1 aliphatic heterocycles. The van der Waals surface area contributed by atoms with Crippen molar-refractivity contribution in [2.24, 2.45) is 0 Å². The Morgan fingerprint density at radius 1 is 1.18 bits per heavy atom. The monoisotopic (exact) mass is 491 g/mol. The number of rotatable bonds is 15. The zero-order valence-corrected chi connectivity index (χ0v) is 22.0. The summed E-state index contributed by atoms with van der Waals surface area (Å²) in [7, 11) is 1.16. The average Bonchev–Trinajstić information content (AvgIpc) is 2.77. The van der Waals surface area contributed by atoms with E-state index < -0.39 is 7.60 Å². The van der Waals surface area contributed by atoms with Crippen LogP contribution in [0.15, 0.2) is 76.8 Å². The quantitative estimate of drug-likeness (QED) is 0.178. The van der Waals surface area contributed by atoms with Crippen LogP contribution in [0.3, 0.4) is 0 Å². The van der Waals surface area contributed by atoms with E-state index in [0.717, 1.165) is 34.2 Å². The van der Waals surface area contributed by atoms with Crippen molar-refractivity contribution in [3.05, 3.63) is 72.0 Å². The topological polar surface area (TPSA) is 54.0 Å². The van der Waals surface area contributed by atoms with Crippen LogP contribution in [0, 0.1) is 0 Å². The third-order valence-corrected chi connectivity index (χ3v) is 7.88. The molecule has 0 fully saturated rings. The van der Waals surface area contributed by atoms with Crippen LogP contribution in [0.4, 0.5) is 5.69 Å². The van der Waals surface area contributed by atoms with Gasteiger partial charge in [-0.3, -0.25) is 4.57 Å². The third-order valence-electron chi connectivity index (χ3n) is 4.75. The summed E-state index contributed by atoms with van der Waals surface area (Å²) in [6, 6.07) is 8.16. The largest absolute Gasteiger partial charge is 0.384 e. The molecular weight excluding hydrogens is 453 g/mol. The van der Waals surface area contributed by atoms with Crippen molar-refractivity contribution in [1.82, 2.24) is 9.80 Å². The van der Waals surface area contributed by atoms with Gasteiger partial charge in [0.1, 0.15) is 0 Å². The first-order valence-corrected chi connectivity index (χ1v) is 14.0. The lowest BCUT2D eigenvalue weighted by Gasteiger charge is -2.21. The first-order chi connectivity index (χ1) is 15.8. The summed E-state index contributed by atoms with van der Waals surface area (Å²) >= 11 is 1.63. The van der Waals surface area contributed by atoms with Gasteiger partial charge in [-0.15, -0.1) is 0 Å². The highest BCUT2D eigenvalue weighted by atomic mass is 32.2. The molecule has 2 rings (SSSR count). The second-order valence-electron chi connectivity index (χ2n) is 7.83. The van der Waals surface area contributed by atoms with Crippen molar-refractivity contribution in [3.63, 3.8) is 0 Å². The van der Waals surface area contributed by atoms with Gasteiger partial charge in [0.15, 0.2) is 0 Å². The molecule has 1 heterocycles. The van der Waals surface area contributed by atoms with E-state index in [1.807, 2.05) is 26.0 Å². The van der Waals surface area contributed by atoms with Crippen molar-refractivity contribution in [2.45, 2.75) is 25.2 Å². The smallest absolute Gasteiger partial charge is 0.330 e. The SMILES string of the molecule is C=C(C=C1C=CN(CCN(C)C)C=C1)Sc1ccccc1NCCCP(=O)(OCC)OCC. The fourth-order valence-electron chi connectivity index (χ4n) is 3.14. The molecule has 33 heavy (non-hydrogen) atoms. The Balaban J connectivity index is 1.88. The molecule has 0 radical (unpaired) electrons. The Hall–Kier alpha value is -1.76. The number of anilines is 1. The summed E-state index contributed by atoms with van der Waals surface area (Å²) in [5.74, 6) is 0. The highest BCUT2D eigenvalue weighted by Gasteiger charge is 2.22. The second-order valence-corrected chi connectivity index (χ2v) is 11.2. The summed E-state index contributed by atoms with van der Waals surface area (Å²) in [6.07, 6.45) is 11.6. The van der Waals surface area contributed by atoms with Crippen molar-refractivity contribution < 1.29 is 13.6 Å². The van der Waals surface area contributed by atoms with Gasteiger partial charge in [-0.1, -0.05) is 30.5 Å². The first kappa shape index (κ1) is 27.5. The summed E-state index contributed by atoms with van der Waals surface area (Å²) in [4.78, 5) is 6.43. The van der Waals surface area contributed by atoms with Crippen molar-refractivity contribution in [3.8, 4) is 0 Å². The maximum Gasteiger partial charge on any atom is 0.330 e. The van der Waals surface area contributed by atoms with E-state index in [2.05, 4.69) is 78.6 Å². The molecule has 8 heteroatoms. The van der Waals surface area contributed by atoms with Crippen LogP contribution in [-0.2, 0) is 13.6 Å². The Morgan fingerprint density at radius 2 is 1.85 bits per heavy atom. The molecule has 0 aromatic heterocycles. The minimum Gasteiger partial charge on any atom is -0.384 e. The molecule has 0 saturated heterocycles.